The van der Waals surface area contributed by atoms with Gasteiger partial charge in [0.2, 0.25) is 5.95 Å². The second-order valence-corrected chi connectivity index (χ2v) is 14.2. The monoisotopic (exact) mass is 636 g/mol. The van der Waals surface area contributed by atoms with Crippen LogP contribution in [0.25, 0.3) is 0 Å². The molecule has 43 heavy (non-hydrogen) atoms. The SMILES string of the molecule is CC(C)S(=O)(=O)c1ccccc1Nc1nc(Nc2ccc(N3CCC(N4CCCCC4)CC3)cc2C(F)(F)F)ncc1Cl. The highest BCUT2D eigenvalue weighted by Crippen LogP contribution is 2.39. The highest BCUT2D eigenvalue weighted by Gasteiger charge is 2.35. The van der Waals surface area contributed by atoms with Crippen molar-refractivity contribution in [2.45, 2.75) is 68.3 Å². The highest BCUT2D eigenvalue weighted by molar-refractivity contribution is 7.92. The Morgan fingerprint density at radius 1 is 0.953 bits per heavy atom. The van der Waals surface area contributed by atoms with E-state index in [0.29, 0.717) is 24.8 Å². The van der Waals surface area contributed by atoms with Gasteiger partial charge in [0.15, 0.2) is 15.7 Å². The van der Waals surface area contributed by atoms with E-state index < -0.39 is 26.8 Å². The lowest BCUT2D eigenvalue weighted by Crippen LogP contribution is -2.46. The molecule has 3 aromatic rings. The fourth-order valence-corrected chi connectivity index (χ4v) is 7.02. The Kier molecular flexibility index (Phi) is 9.38. The highest BCUT2D eigenvalue weighted by atomic mass is 35.5. The average molecular weight is 637 g/mol. The first-order valence-corrected chi connectivity index (χ1v) is 16.5. The fourth-order valence-electron chi connectivity index (χ4n) is 5.68. The molecule has 0 unspecified atom stereocenters. The number of piperidine rings is 2. The summed E-state index contributed by atoms with van der Waals surface area (Å²) >= 11 is 6.30. The third-order valence-corrected chi connectivity index (χ3v) is 10.6. The molecule has 8 nitrogen and oxygen atoms in total. The number of anilines is 5. The van der Waals surface area contributed by atoms with Gasteiger partial charge in [-0.15, -0.1) is 0 Å². The number of likely N-dealkylation sites (tertiary alicyclic amines) is 1. The molecule has 0 amide bonds. The molecule has 2 aliphatic rings. The summed E-state index contributed by atoms with van der Waals surface area (Å²) in [4.78, 5) is 13.0. The van der Waals surface area contributed by atoms with Gasteiger partial charge < -0.3 is 20.4 Å². The van der Waals surface area contributed by atoms with Gasteiger partial charge in [0.1, 0.15) is 5.02 Å². The van der Waals surface area contributed by atoms with Crippen molar-refractivity contribution in [3.8, 4) is 0 Å². The van der Waals surface area contributed by atoms with Crippen LogP contribution in [0.2, 0.25) is 5.02 Å². The molecule has 0 bridgehead atoms. The molecule has 13 heteroatoms. The number of sulfone groups is 1. The van der Waals surface area contributed by atoms with Crippen molar-refractivity contribution in [1.82, 2.24) is 14.9 Å². The number of benzene rings is 2. The van der Waals surface area contributed by atoms with Crippen LogP contribution >= 0.6 is 11.6 Å². The smallest absolute Gasteiger partial charge is 0.371 e. The van der Waals surface area contributed by atoms with Gasteiger partial charge in [0.05, 0.1) is 33.3 Å². The summed E-state index contributed by atoms with van der Waals surface area (Å²) in [6.07, 6.45) is 2.17. The van der Waals surface area contributed by atoms with E-state index in [2.05, 4.69) is 25.5 Å². The Labute approximate surface area is 255 Å². The van der Waals surface area contributed by atoms with E-state index in [1.54, 1.807) is 38.1 Å². The van der Waals surface area contributed by atoms with Crippen LogP contribution in [0.15, 0.2) is 53.6 Å². The van der Waals surface area contributed by atoms with Crippen LogP contribution in [0.3, 0.4) is 0 Å². The minimum atomic E-state index is -4.62. The predicted octanol–water partition coefficient (Wildman–Crippen LogP) is 7.27. The average Bonchev–Trinajstić information content (AvgIpc) is 2.99. The van der Waals surface area contributed by atoms with Crippen molar-refractivity contribution < 1.29 is 21.6 Å². The number of halogens is 4. The Morgan fingerprint density at radius 3 is 2.33 bits per heavy atom. The number of nitrogens with one attached hydrogen (secondary N) is 2. The van der Waals surface area contributed by atoms with Crippen molar-refractivity contribution in [3.63, 3.8) is 0 Å². The summed E-state index contributed by atoms with van der Waals surface area (Å²) in [5.74, 6) is -0.0796. The van der Waals surface area contributed by atoms with E-state index in [9.17, 15) is 21.6 Å². The third-order valence-electron chi connectivity index (χ3n) is 8.10. The number of hydrogen-bond acceptors (Lipinski definition) is 8. The second kappa shape index (κ2) is 12.9. The zero-order valence-electron chi connectivity index (χ0n) is 24.2. The van der Waals surface area contributed by atoms with Crippen molar-refractivity contribution in [2.75, 3.05) is 41.7 Å². The van der Waals surface area contributed by atoms with Gasteiger partial charge in [-0.25, -0.2) is 13.4 Å². The van der Waals surface area contributed by atoms with Crippen LogP contribution in [0.5, 0.6) is 0 Å². The number of rotatable bonds is 8. The van der Waals surface area contributed by atoms with Gasteiger partial charge in [0, 0.05) is 24.8 Å². The predicted molar refractivity (Wildman–Crippen MR) is 164 cm³/mol. The van der Waals surface area contributed by atoms with Gasteiger partial charge >= 0.3 is 6.18 Å². The number of hydrogen-bond donors (Lipinski definition) is 2. The van der Waals surface area contributed by atoms with Crippen molar-refractivity contribution in [1.29, 1.82) is 0 Å². The van der Waals surface area contributed by atoms with Crippen LogP contribution in [0.4, 0.5) is 42.0 Å². The van der Waals surface area contributed by atoms with Crippen LogP contribution in [0.1, 0.15) is 51.5 Å². The Morgan fingerprint density at radius 2 is 1.65 bits per heavy atom. The lowest BCUT2D eigenvalue weighted by Gasteiger charge is -2.41. The van der Waals surface area contributed by atoms with Crippen molar-refractivity contribution in [2.24, 2.45) is 0 Å². The summed E-state index contributed by atoms with van der Waals surface area (Å²) in [6.45, 7) is 6.77. The summed E-state index contributed by atoms with van der Waals surface area (Å²) in [7, 11) is -3.64. The molecule has 0 saturated carbocycles. The zero-order valence-corrected chi connectivity index (χ0v) is 25.7. The minimum absolute atomic E-state index is 0.0485. The van der Waals surface area contributed by atoms with E-state index in [-0.39, 0.29) is 33.1 Å². The van der Waals surface area contributed by atoms with Crippen LogP contribution in [0, 0.1) is 0 Å². The second-order valence-electron chi connectivity index (χ2n) is 11.3. The van der Waals surface area contributed by atoms with Crippen molar-refractivity contribution in [3.05, 3.63) is 59.2 Å². The molecule has 0 aliphatic carbocycles. The fraction of sp³-hybridized carbons (Fsp3) is 0.467. The zero-order chi connectivity index (χ0) is 30.8. The molecule has 5 rings (SSSR count). The molecular weight excluding hydrogens is 601 g/mol. The van der Waals surface area contributed by atoms with Gasteiger partial charge in [-0.3, -0.25) is 0 Å². The van der Waals surface area contributed by atoms with E-state index in [1.807, 2.05) is 4.90 Å². The molecule has 0 spiro atoms. The number of aromatic nitrogens is 2. The standard InChI is InChI=1S/C30H36ClF3N6O2S/c1-20(2)43(41,42)27-9-5-4-8-26(27)36-28-24(31)19-35-29(38-28)37-25-11-10-22(18-23(25)30(32,33)34)40-16-12-21(13-17-40)39-14-6-3-7-15-39/h4-5,8-11,18-21H,3,6-7,12-17H2,1-2H3,(H2,35,36,37,38). The van der Waals surface area contributed by atoms with E-state index in [1.165, 1.54) is 43.7 Å². The van der Waals surface area contributed by atoms with E-state index >= 15 is 0 Å². The van der Waals surface area contributed by atoms with Crippen LogP contribution in [-0.2, 0) is 16.0 Å². The maximum Gasteiger partial charge on any atom is 0.418 e. The maximum atomic E-state index is 14.3. The normalized spacial score (nSPS) is 17.3. The topological polar surface area (TPSA) is 90.5 Å². The summed E-state index contributed by atoms with van der Waals surface area (Å²) < 4.78 is 68.5. The van der Waals surface area contributed by atoms with E-state index in [4.69, 9.17) is 11.6 Å². The molecule has 2 fully saturated rings. The Balaban J connectivity index is 1.35. The van der Waals surface area contributed by atoms with Crippen LogP contribution < -0.4 is 15.5 Å². The Bertz CT molecular complexity index is 1540. The number of nitrogens with zero attached hydrogens (tertiary/aromatic N) is 4. The third kappa shape index (κ3) is 7.18. The summed E-state index contributed by atoms with van der Waals surface area (Å²) in [5, 5.41) is 5.01. The first-order valence-electron chi connectivity index (χ1n) is 14.5. The summed E-state index contributed by atoms with van der Waals surface area (Å²) in [6, 6.07) is 11.0. The largest absolute Gasteiger partial charge is 0.418 e. The summed E-state index contributed by atoms with van der Waals surface area (Å²) in [5.41, 5.74) is -0.260. The Hall–Kier alpha value is -3.09. The lowest BCUT2D eigenvalue weighted by atomic mass is 9.99. The molecule has 1 aromatic heterocycles. The first kappa shape index (κ1) is 31.3. The molecule has 2 N–H and O–H groups in total. The van der Waals surface area contributed by atoms with Gasteiger partial charge in [-0.1, -0.05) is 30.2 Å². The molecule has 232 valence electrons. The van der Waals surface area contributed by atoms with Gasteiger partial charge in [0.25, 0.3) is 0 Å². The van der Waals surface area contributed by atoms with Crippen LogP contribution in [-0.4, -0.2) is 60.8 Å². The molecule has 3 heterocycles. The molecule has 0 atom stereocenters. The first-order chi connectivity index (χ1) is 20.4. The minimum Gasteiger partial charge on any atom is -0.371 e. The molecule has 2 saturated heterocycles. The van der Waals surface area contributed by atoms with Gasteiger partial charge in [-0.05, 0) is 83.0 Å². The molecule has 2 aromatic carbocycles. The molecule has 2 aliphatic heterocycles. The number of para-hydroxylation sites is 1. The quantitative estimate of drug-likeness (QED) is 0.267. The van der Waals surface area contributed by atoms with Gasteiger partial charge in [-0.2, -0.15) is 18.2 Å². The molecular formula is C30H36ClF3N6O2S. The van der Waals surface area contributed by atoms with E-state index in [0.717, 1.165) is 25.9 Å². The number of alkyl halides is 3. The van der Waals surface area contributed by atoms with Crippen molar-refractivity contribution >= 4 is 50.3 Å². The maximum absolute atomic E-state index is 14.3. The molecule has 0 radical (unpaired) electrons. The lowest BCUT2D eigenvalue weighted by molar-refractivity contribution is -0.136.